The molecule has 0 saturated carbocycles. The summed E-state index contributed by atoms with van der Waals surface area (Å²) in [7, 11) is -4.76. The zero-order chi connectivity index (χ0) is 45.1. The Hall–Kier alpha value is -3.64. The van der Waals surface area contributed by atoms with Crippen molar-refractivity contribution in [2.75, 3.05) is 19.8 Å². The van der Waals surface area contributed by atoms with Gasteiger partial charge in [0, 0.05) is 12.8 Å². The molecule has 12 nitrogen and oxygen atoms in total. The molecule has 0 saturated heterocycles. The van der Waals surface area contributed by atoms with Gasteiger partial charge in [-0.15, -0.1) is 0 Å². The van der Waals surface area contributed by atoms with E-state index < -0.39 is 63.8 Å². The maximum absolute atomic E-state index is 12.6. The first-order valence-corrected chi connectivity index (χ1v) is 23.9. The number of aliphatic hydroxyl groups excluding tert-OH is 1. The number of carbonyl (C=O) groups is 3. The highest BCUT2D eigenvalue weighted by atomic mass is 31.2. The van der Waals surface area contributed by atoms with Gasteiger partial charge in [0.1, 0.15) is 12.6 Å². The minimum atomic E-state index is -4.76. The number of hydrogen-bond donors (Lipinski definition) is 4. The van der Waals surface area contributed by atoms with Gasteiger partial charge in [-0.3, -0.25) is 23.4 Å². The van der Waals surface area contributed by atoms with E-state index >= 15 is 0 Å². The number of carboxylic acids is 1. The van der Waals surface area contributed by atoms with Crippen LogP contribution in [-0.4, -0.2) is 71.1 Å². The van der Waals surface area contributed by atoms with Crippen molar-refractivity contribution in [3.05, 3.63) is 97.2 Å². The molecule has 0 aliphatic rings. The van der Waals surface area contributed by atoms with Crippen molar-refractivity contribution < 1.29 is 52.6 Å². The predicted molar refractivity (Wildman–Crippen MR) is 246 cm³/mol. The smallest absolute Gasteiger partial charge is 0.472 e. The number of aliphatic hydroxyl groups is 1. The Bertz CT molecular complexity index is 1420. The minimum absolute atomic E-state index is 0.00554. The second-order valence-electron chi connectivity index (χ2n) is 14.6. The highest BCUT2D eigenvalue weighted by Crippen LogP contribution is 2.43. The molecule has 0 fully saturated rings. The number of nitrogens with two attached hydrogens (primary N) is 1. The minimum Gasteiger partial charge on any atom is -0.480 e. The molecule has 346 valence electrons. The molecule has 0 rings (SSSR count). The van der Waals surface area contributed by atoms with Crippen LogP contribution in [0.4, 0.5) is 0 Å². The van der Waals surface area contributed by atoms with Crippen LogP contribution in [0.25, 0.3) is 0 Å². The lowest BCUT2D eigenvalue weighted by molar-refractivity contribution is -0.161. The summed E-state index contributed by atoms with van der Waals surface area (Å²) in [6, 6.07) is -1.55. The number of esters is 2. The van der Waals surface area contributed by atoms with Crippen LogP contribution >= 0.6 is 7.82 Å². The van der Waals surface area contributed by atoms with Gasteiger partial charge in [-0.05, 0) is 77.0 Å². The Kier molecular flexibility index (Phi) is 39.2. The Morgan fingerprint density at radius 3 is 1.79 bits per heavy atom. The Morgan fingerprint density at radius 1 is 0.607 bits per heavy atom. The van der Waals surface area contributed by atoms with E-state index in [1.165, 1.54) is 38.5 Å². The molecular formula is C48H78NO11P. The SMILES string of the molecule is CC/C=C\C/C=C\CC(O)/C=C/C=C\C/C=C\C/C=C\CCC(=O)O[C@H](COC(=O)CCCCCCCCC/C=C\C/C=C\CCCCC)COP(=O)(O)OC[C@H](N)C(=O)O. The molecule has 0 heterocycles. The number of phosphoric ester groups is 1. The number of unbranched alkanes of at least 4 members (excludes halogenated alkanes) is 10. The van der Waals surface area contributed by atoms with Gasteiger partial charge in [-0.2, -0.15) is 0 Å². The van der Waals surface area contributed by atoms with E-state index in [9.17, 15) is 28.9 Å². The third-order valence-electron chi connectivity index (χ3n) is 8.91. The van der Waals surface area contributed by atoms with Gasteiger partial charge < -0.3 is 30.3 Å². The van der Waals surface area contributed by atoms with E-state index in [1.54, 1.807) is 6.08 Å². The number of carboxylic acid groups (broad SMARTS) is 1. The van der Waals surface area contributed by atoms with Crippen molar-refractivity contribution in [1.29, 1.82) is 0 Å². The zero-order valence-corrected chi connectivity index (χ0v) is 38.0. The summed E-state index contributed by atoms with van der Waals surface area (Å²) in [5.41, 5.74) is 5.33. The maximum Gasteiger partial charge on any atom is 0.472 e. The number of allylic oxidation sites excluding steroid dienone is 14. The average molecular weight is 876 g/mol. The Balaban J connectivity index is 4.56. The fourth-order valence-electron chi connectivity index (χ4n) is 5.38. The van der Waals surface area contributed by atoms with Crippen LogP contribution in [0.15, 0.2) is 97.2 Å². The molecule has 2 unspecified atom stereocenters. The van der Waals surface area contributed by atoms with E-state index in [4.69, 9.17) is 24.8 Å². The number of carbonyl (C=O) groups excluding carboxylic acids is 2. The molecule has 0 aliphatic heterocycles. The van der Waals surface area contributed by atoms with Crippen molar-refractivity contribution in [2.24, 2.45) is 5.73 Å². The van der Waals surface area contributed by atoms with E-state index in [0.29, 0.717) is 25.7 Å². The fraction of sp³-hybridized carbons (Fsp3) is 0.604. The van der Waals surface area contributed by atoms with Crippen molar-refractivity contribution in [2.45, 2.75) is 167 Å². The summed E-state index contributed by atoms with van der Waals surface area (Å²) in [5, 5.41) is 18.9. The molecule has 0 radical (unpaired) electrons. The second kappa shape index (κ2) is 41.7. The molecule has 0 aromatic rings. The van der Waals surface area contributed by atoms with Crippen LogP contribution in [0, 0.1) is 0 Å². The van der Waals surface area contributed by atoms with Crippen molar-refractivity contribution in [1.82, 2.24) is 0 Å². The number of aliphatic carboxylic acids is 1. The zero-order valence-electron chi connectivity index (χ0n) is 37.1. The summed E-state index contributed by atoms with van der Waals surface area (Å²) in [6.45, 7) is 2.49. The predicted octanol–water partition coefficient (Wildman–Crippen LogP) is 11.0. The van der Waals surface area contributed by atoms with Gasteiger partial charge in [0.05, 0.1) is 19.3 Å². The van der Waals surface area contributed by atoms with E-state index in [2.05, 4.69) is 54.8 Å². The van der Waals surface area contributed by atoms with Crippen molar-refractivity contribution in [3.63, 3.8) is 0 Å². The molecule has 0 aliphatic carbocycles. The molecule has 0 amide bonds. The second-order valence-corrected chi connectivity index (χ2v) is 16.1. The summed E-state index contributed by atoms with van der Waals surface area (Å²) in [4.78, 5) is 46.0. The van der Waals surface area contributed by atoms with Crippen LogP contribution in [0.5, 0.6) is 0 Å². The lowest BCUT2D eigenvalue weighted by atomic mass is 10.1. The van der Waals surface area contributed by atoms with Gasteiger partial charge in [0.15, 0.2) is 6.10 Å². The van der Waals surface area contributed by atoms with E-state index in [1.807, 2.05) is 54.7 Å². The molecule has 0 spiro atoms. The number of ether oxygens (including phenoxy) is 2. The lowest BCUT2D eigenvalue weighted by Gasteiger charge is -2.20. The molecule has 13 heteroatoms. The first kappa shape index (κ1) is 57.4. The molecule has 0 aromatic carbocycles. The summed E-state index contributed by atoms with van der Waals surface area (Å²) >= 11 is 0. The molecule has 0 bridgehead atoms. The highest BCUT2D eigenvalue weighted by Gasteiger charge is 2.28. The van der Waals surface area contributed by atoms with Gasteiger partial charge in [-0.1, -0.05) is 156 Å². The van der Waals surface area contributed by atoms with E-state index in [0.717, 1.165) is 57.8 Å². The maximum atomic E-state index is 12.6. The van der Waals surface area contributed by atoms with Crippen LogP contribution in [0.1, 0.15) is 149 Å². The summed E-state index contributed by atoms with van der Waals surface area (Å²) < 4.78 is 32.6. The molecular weight excluding hydrogens is 797 g/mol. The fourth-order valence-corrected chi connectivity index (χ4v) is 6.16. The lowest BCUT2D eigenvalue weighted by Crippen LogP contribution is -2.34. The van der Waals surface area contributed by atoms with Crippen LogP contribution in [-0.2, 0) is 37.5 Å². The van der Waals surface area contributed by atoms with Gasteiger partial charge >= 0.3 is 25.7 Å². The monoisotopic (exact) mass is 876 g/mol. The molecule has 0 aromatic heterocycles. The first-order valence-electron chi connectivity index (χ1n) is 22.4. The van der Waals surface area contributed by atoms with Crippen LogP contribution in [0.3, 0.4) is 0 Å². The molecule has 61 heavy (non-hydrogen) atoms. The van der Waals surface area contributed by atoms with Gasteiger partial charge in [0.25, 0.3) is 0 Å². The van der Waals surface area contributed by atoms with Crippen LogP contribution in [0.2, 0.25) is 0 Å². The van der Waals surface area contributed by atoms with Gasteiger partial charge in [0.2, 0.25) is 0 Å². The quantitative estimate of drug-likeness (QED) is 0.0150. The average Bonchev–Trinajstić information content (AvgIpc) is 3.23. The Labute approximate surface area is 367 Å². The first-order chi connectivity index (χ1) is 29.5. The van der Waals surface area contributed by atoms with Crippen LogP contribution < -0.4 is 5.73 Å². The van der Waals surface area contributed by atoms with E-state index in [-0.39, 0.29) is 12.8 Å². The summed E-state index contributed by atoms with van der Waals surface area (Å²) in [6.07, 6.45) is 49.4. The standard InChI is InChI=1S/C48H78NO11P/c1-3-5-7-9-11-12-13-14-15-16-17-18-19-23-26-30-34-38-46(51)57-40-44(41-58-61(55,56)59-42-45(49)48(53)54)60-47(52)39-35-31-27-24-21-20-22-25-29-33-37-43(50)36-32-28-10-8-6-4-2/h6,8,11-12,14-15,20-21,25,27-29,31-33,37,43-45,50H,3-5,7,9-10,13,16-19,22-24,26,30,34-36,38-42,49H2,1-2H3,(H,53,54)(H,55,56)/b8-6-,12-11-,15-14-,21-20-,29-25-,31-27-,32-28-,37-33+/t43?,44-,45+/m1/s1. The van der Waals surface area contributed by atoms with Crippen molar-refractivity contribution in [3.8, 4) is 0 Å². The normalized spacial score (nSPS) is 15.1. The number of hydrogen-bond acceptors (Lipinski definition) is 10. The third-order valence-corrected chi connectivity index (χ3v) is 9.86. The van der Waals surface area contributed by atoms with Gasteiger partial charge in [-0.25, -0.2) is 4.57 Å². The number of phosphoric acid groups is 1. The number of rotatable bonds is 40. The Morgan fingerprint density at radius 2 is 1.15 bits per heavy atom. The highest BCUT2D eigenvalue weighted by molar-refractivity contribution is 7.47. The molecule has 4 atom stereocenters. The van der Waals surface area contributed by atoms with Crippen molar-refractivity contribution >= 4 is 25.7 Å². The third kappa shape index (κ3) is 41.5. The summed E-state index contributed by atoms with van der Waals surface area (Å²) in [5.74, 6) is -2.55. The largest absolute Gasteiger partial charge is 0.480 e. The topological polar surface area (TPSA) is 192 Å². The molecule has 5 N–H and O–H groups in total.